The van der Waals surface area contributed by atoms with Gasteiger partial charge in [-0.25, -0.2) is 13.6 Å². The zero-order chi connectivity index (χ0) is 12.5. The summed E-state index contributed by atoms with van der Waals surface area (Å²) in [5.74, 6) is -0.259. The first kappa shape index (κ1) is 12.7. The molecule has 0 spiro atoms. The van der Waals surface area contributed by atoms with Gasteiger partial charge < -0.3 is 4.90 Å². The number of amides is 1. The molecule has 0 aliphatic carbocycles. The van der Waals surface area contributed by atoms with Crippen molar-refractivity contribution in [2.24, 2.45) is 5.14 Å². The lowest BCUT2D eigenvalue weighted by molar-refractivity contribution is 0.0827. The maximum atomic E-state index is 11.6. The van der Waals surface area contributed by atoms with Crippen LogP contribution >= 0.6 is 0 Å². The molecule has 0 saturated carbocycles. The number of primary sulfonamides is 1. The van der Waals surface area contributed by atoms with Gasteiger partial charge in [0.2, 0.25) is 10.0 Å². The van der Waals surface area contributed by atoms with Crippen molar-refractivity contribution in [2.75, 3.05) is 14.1 Å². The van der Waals surface area contributed by atoms with Gasteiger partial charge in [0.05, 0.1) is 4.90 Å². The topological polar surface area (TPSA) is 80.5 Å². The minimum Gasteiger partial charge on any atom is -0.345 e. The molecule has 0 aromatic heterocycles. The van der Waals surface area contributed by atoms with Gasteiger partial charge in [-0.2, -0.15) is 0 Å². The molecule has 0 aliphatic rings. The highest BCUT2D eigenvalue weighted by molar-refractivity contribution is 7.89. The Morgan fingerprint density at radius 3 is 2.31 bits per heavy atom. The molecular formula is C10H14N2O3S. The maximum absolute atomic E-state index is 11.6. The third-order valence-corrected chi connectivity index (χ3v) is 3.20. The fourth-order valence-corrected chi connectivity index (χ4v) is 2.11. The van der Waals surface area contributed by atoms with Crippen molar-refractivity contribution < 1.29 is 13.2 Å². The van der Waals surface area contributed by atoms with Crippen LogP contribution in [0, 0.1) is 6.92 Å². The van der Waals surface area contributed by atoms with Gasteiger partial charge in [0.1, 0.15) is 0 Å². The molecule has 0 radical (unpaired) electrons. The second kappa shape index (κ2) is 4.23. The minimum absolute atomic E-state index is 0.0137. The Labute approximate surface area is 94.9 Å². The van der Waals surface area contributed by atoms with Crippen molar-refractivity contribution in [1.82, 2.24) is 4.90 Å². The van der Waals surface area contributed by atoms with E-state index in [1.54, 1.807) is 33.2 Å². The molecule has 0 aliphatic heterocycles. The Morgan fingerprint density at radius 2 is 1.88 bits per heavy atom. The molecule has 2 N–H and O–H groups in total. The van der Waals surface area contributed by atoms with E-state index >= 15 is 0 Å². The van der Waals surface area contributed by atoms with Gasteiger partial charge in [-0.05, 0) is 24.6 Å². The lowest BCUT2D eigenvalue weighted by Gasteiger charge is -2.11. The predicted molar refractivity (Wildman–Crippen MR) is 60.6 cm³/mol. The van der Waals surface area contributed by atoms with E-state index in [4.69, 9.17) is 5.14 Å². The van der Waals surface area contributed by atoms with Gasteiger partial charge in [-0.15, -0.1) is 0 Å². The highest BCUT2D eigenvalue weighted by Gasteiger charge is 2.15. The molecule has 0 bridgehead atoms. The van der Waals surface area contributed by atoms with E-state index in [0.29, 0.717) is 11.1 Å². The standard InChI is InChI=1S/C10H14N2O3S/c1-7-4-5-8(10(13)12(2)3)6-9(7)16(11,14)15/h4-6H,1-3H3,(H2,11,14,15). The SMILES string of the molecule is Cc1ccc(C(=O)N(C)C)cc1S(N)(=O)=O. The summed E-state index contributed by atoms with van der Waals surface area (Å²) < 4.78 is 22.5. The average molecular weight is 242 g/mol. The molecule has 0 unspecified atom stereocenters. The van der Waals surface area contributed by atoms with Gasteiger partial charge in [0.15, 0.2) is 0 Å². The number of hydrogen-bond acceptors (Lipinski definition) is 3. The number of carbonyl (C=O) groups is 1. The quantitative estimate of drug-likeness (QED) is 0.812. The van der Waals surface area contributed by atoms with Gasteiger partial charge >= 0.3 is 0 Å². The second-order valence-electron chi connectivity index (χ2n) is 3.72. The number of hydrogen-bond donors (Lipinski definition) is 1. The summed E-state index contributed by atoms with van der Waals surface area (Å²) in [4.78, 5) is 13.0. The smallest absolute Gasteiger partial charge is 0.253 e. The Bertz CT molecular complexity index is 521. The van der Waals surface area contributed by atoms with Gasteiger partial charge in [0, 0.05) is 19.7 Å². The number of sulfonamides is 1. The first-order chi connectivity index (χ1) is 7.23. The normalized spacial score (nSPS) is 11.2. The third-order valence-electron chi connectivity index (χ3n) is 2.15. The first-order valence-corrected chi connectivity index (χ1v) is 6.13. The van der Waals surface area contributed by atoms with Crippen LogP contribution in [0.4, 0.5) is 0 Å². The maximum Gasteiger partial charge on any atom is 0.253 e. The summed E-state index contributed by atoms with van der Waals surface area (Å²) in [6, 6.07) is 4.44. The molecule has 0 heterocycles. The molecule has 1 aromatic rings. The predicted octanol–water partition coefficient (Wildman–Crippen LogP) is 0.344. The molecule has 0 fully saturated rings. The van der Waals surface area contributed by atoms with Crippen molar-refractivity contribution in [3.05, 3.63) is 29.3 Å². The molecule has 1 amide bonds. The number of aryl methyl sites for hydroxylation is 1. The van der Waals surface area contributed by atoms with Crippen LogP contribution in [0.25, 0.3) is 0 Å². The number of nitrogens with zero attached hydrogens (tertiary/aromatic N) is 1. The van der Waals surface area contributed by atoms with Crippen LogP contribution in [-0.2, 0) is 10.0 Å². The van der Waals surface area contributed by atoms with Crippen LogP contribution in [0.1, 0.15) is 15.9 Å². The molecule has 1 rings (SSSR count). The summed E-state index contributed by atoms with van der Waals surface area (Å²) in [6.07, 6.45) is 0. The lowest BCUT2D eigenvalue weighted by Crippen LogP contribution is -2.22. The van der Waals surface area contributed by atoms with E-state index in [2.05, 4.69) is 0 Å². The van der Waals surface area contributed by atoms with Crippen molar-refractivity contribution in [1.29, 1.82) is 0 Å². The molecule has 0 saturated heterocycles. The number of carbonyl (C=O) groups excluding carboxylic acids is 1. The molecule has 88 valence electrons. The van der Waals surface area contributed by atoms with Crippen molar-refractivity contribution in [3.63, 3.8) is 0 Å². The van der Waals surface area contributed by atoms with Crippen LogP contribution in [0.5, 0.6) is 0 Å². The van der Waals surface area contributed by atoms with E-state index < -0.39 is 10.0 Å². The van der Waals surface area contributed by atoms with Crippen molar-refractivity contribution >= 4 is 15.9 Å². The largest absolute Gasteiger partial charge is 0.345 e. The van der Waals surface area contributed by atoms with E-state index in [1.807, 2.05) is 0 Å². The fraction of sp³-hybridized carbons (Fsp3) is 0.300. The summed E-state index contributed by atoms with van der Waals surface area (Å²) in [5, 5.41) is 5.05. The van der Waals surface area contributed by atoms with Crippen LogP contribution < -0.4 is 5.14 Å². The summed E-state index contributed by atoms with van der Waals surface area (Å²) in [5.41, 5.74) is 0.831. The monoisotopic (exact) mass is 242 g/mol. The Balaban J connectivity index is 3.34. The van der Waals surface area contributed by atoms with Crippen LogP contribution in [-0.4, -0.2) is 33.3 Å². The molecule has 0 atom stereocenters. The third kappa shape index (κ3) is 2.59. The summed E-state index contributed by atoms with van der Waals surface area (Å²) >= 11 is 0. The van der Waals surface area contributed by atoms with E-state index in [1.165, 1.54) is 11.0 Å². The minimum atomic E-state index is -3.79. The highest BCUT2D eigenvalue weighted by Crippen LogP contribution is 2.16. The van der Waals surface area contributed by atoms with E-state index in [0.717, 1.165) is 0 Å². The Hall–Kier alpha value is -1.40. The summed E-state index contributed by atoms with van der Waals surface area (Å²) in [6.45, 7) is 1.63. The van der Waals surface area contributed by atoms with Crippen LogP contribution in [0.15, 0.2) is 23.1 Å². The zero-order valence-electron chi connectivity index (χ0n) is 9.39. The van der Waals surface area contributed by atoms with Gasteiger partial charge in [-0.3, -0.25) is 4.79 Å². The van der Waals surface area contributed by atoms with E-state index in [9.17, 15) is 13.2 Å². The van der Waals surface area contributed by atoms with Crippen LogP contribution in [0.3, 0.4) is 0 Å². The lowest BCUT2D eigenvalue weighted by atomic mass is 10.1. The molecule has 5 nitrogen and oxygen atoms in total. The van der Waals surface area contributed by atoms with Crippen LogP contribution in [0.2, 0.25) is 0 Å². The second-order valence-corrected chi connectivity index (χ2v) is 5.25. The Morgan fingerprint density at radius 1 is 1.31 bits per heavy atom. The van der Waals surface area contributed by atoms with Crippen molar-refractivity contribution in [3.8, 4) is 0 Å². The number of nitrogens with two attached hydrogens (primary N) is 1. The van der Waals surface area contributed by atoms with E-state index in [-0.39, 0.29) is 10.8 Å². The first-order valence-electron chi connectivity index (χ1n) is 4.58. The molecular weight excluding hydrogens is 228 g/mol. The average Bonchev–Trinajstić information content (AvgIpc) is 2.15. The van der Waals surface area contributed by atoms with Gasteiger partial charge in [-0.1, -0.05) is 6.07 Å². The van der Waals surface area contributed by atoms with Gasteiger partial charge in [0.25, 0.3) is 5.91 Å². The molecule has 16 heavy (non-hydrogen) atoms. The fourth-order valence-electron chi connectivity index (χ4n) is 1.30. The number of benzene rings is 1. The molecule has 6 heteroatoms. The molecule has 1 aromatic carbocycles. The number of rotatable bonds is 2. The van der Waals surface area contributed by atoms with Crippen molar-refractivity contribution in [2.45, 2.75) is 11.8 Å². The summed E-state index contributed by atoms with van der Waals surface area (Å²) in [7, 11) is -0.594. The highest BCUT2D eigenvalue weighted by atomic mass is 32.2. The Kier molecular flexibility index (Phi) is 3.35. The zero-order valence-corrected chi connectivity index (χ0v) is 10.2.